The minimum absolute atomic E-state index is 0.178. The highest BCUT2D eigenvalue weighted by Gasteiger charge is 2.63. The Morgan fingerprint density at radius 2 is 1.82 bits per heavy atom. The SMILES string of the molecule is CC1(C)[C@@H](C(=O)N(N)C(=O)c2ccc(F)cc2F)[C@@H]1c1ccc(SCc2ccccc2)nc1. The normalized spacial score (nSPS) is 18.6. The average molecular weight is 468 g/mol. The van der Waals surface area contributed by atoms with E-state index in [0.717, 1.165) is 28.5 Å². The Hall–Kier alpha value is -3.10. The number of rotatable bonds is 6. The van der Waals surface area contributed by atoms with Crippen molar-refractivity contribution in [2.45, 2.75) is 30.5 Å². The number of hydrazine groups is 1. The fourth-order valence-electron chi connectivity index (χ4n) is 4.16. The average Bonchev–Trinajstić information content (AvgIpc) is 3.39. The molecule has 2 amide bonds. The molecule has 1 aliphatic rings. The van der Waals surface area contributed by atoms with Gasteiger partial charge in [-0.05, 0) is 34.7 Å². The molecule has 8 heteroatoms. The lowest BCUT2D eigenvalue weighted by atomic mass is 10.1. The van der Waals surface area contributed by atoms with E-state index < -0.39 is 40.3 Å². The zero-order valence-corrected chi connectivity index (χ0v) is 19.0. The van der Waals surface area contributed by atoms with Crippen LogP contribution in [0.15, 0.2) is 71.9 Å². The first-order valence-corrected chi connectivity index (χ1v) is 11.4. The van der Waals surface area contributed by atoms with Gasteiger partial charge in [-0.15, -0.1) is 11.8 Å². The first-order valence-electron chi connectivity index (χ1n) is 10.4. The highest BCUT2D eigenvalue weighted by Crippen LogP contribution is 2.64. The van der Waals surface area contributed by atoms with Crippen LogP contribution in [0.25, 0.3) is 0 Å². The second-order valence-corrected chi connectivity index (χ2v) is 9.61. The molecule has 0 aliphatic heterocycles. The van der Waals surface area contributed by atoms with Crippen LogP contribution >= 0.6 is 11.8 Å². The van der Waals surface area contributed by atoms with Gasteiger partial charge in [0.1, 0.15) is 11.6 Å². The van der Waals surface area contributed by atoms with Crippen molar-refractivity contribution in [2.24, 2.45) is 17.2 Å². The summed E-state index contributed by atoms with van der Waals surface area (Å²) >= 11 is 1.62. The molecule has 33 heavy (non-hydrogen) atoms. The van der Waals surface area contributed by atoms with Gasteiger partial charge in [-0.1, -0.05) is 50.2 Å². The van der Waals surface area contributed by atoms with Crippen LogP contribution in [0.4, 0.5) is 8.78 Å². The van der Waals surface area contributed by atoms with Crippen molar-refractivity contribution < 1.29 is 18.4 Å². The summed E-state index contributed by atoms with van der Waals surface area (Å²) in [6, 6.07) is 16.4. The monoisotopic (exact) mass is 467 g/mol. The van der Waals surface area contributed by atoms with E-state index >= 15 is 0 Å². The van der Waals surface area contributed by atoms with Gasteiger partial charge in [-0.2, -0.15) is 0 Å². The summed E-state index contributed by atoms with van der Waals surface area (Å²) in [6.45, 7) is 3.82. The summed E-state index contributed by atoms with van der Waals surface area (Å²) in [7, 11) is 0. The van der Waals surface area contributed by atoms with Crippen molar-refractivity contribution in [3.63, 3.8) is 0 Å². The van der Waals surface area contributed by atoms with Crippen LogP contribution in [0, 0.1) is 23.0 Å². The molecule has 0 unspecified atom stereocenters. The van der Waals surface area contributed by atoms with Crippen LogP contribution in [0.3, 0.4) is 0 Å². The highest BCUT2D eigenvalue weighted by atomic mass is 32.2. The molecule has 2 N–H and O–H groups in total. The topological polar surface area (TPSA) is 76.3 Å². The minimum Gasteiger partial charge on any atom is -0.273 e. The van der Waals surface area contributed by atoms with Gasteiger partial charge in [0.2, 0.25) is 5.91 Å². The van der Waals surface area contributed by atoms with Crippen LogP contribution in [-0.2, 0) is 10.5 Å². The zero-order valence-electron chi connectivity index (χ0n) is 18.2. The number of hydrogen-bond donors (Lipinski definition) is 1. The summed E-state index contributed by atoms with van der Waals surface area (Å²) in [6.07, 6.45) is 1.75. The Kier molecular flexibility index (Phi) is 6.32. The van der Waals surface area contributed by atoms with Crippen molar-refractivity contribution in [1.29, 1.82) is 0 Å². The summed E-state index contributed by atoms with van der Waals surface area (Å²) in [5.74, 6) is 2.34. The molecule has 2 aromatic carbocycles. The highest BCUT2D eigenvalue weighted by molar-refractivity contribution is 7.98. The molecule has 1 heterocycles. The summed E-state index contributed by atoms with van der Waals surface area (Å²) in [4.78, 5) is 30.0. The van der Waals surface area contributed by atoms with Crippen molar-refractivity contribution in [1.82, 2.24) is 9.99 Å². The molecule has 1 fully saturated rings. The minimum atomic E-state index is -1.07. The molecule has 170 valence electrons. The number of halogens is 2. The van der Waals surface area contributed by atoms with Crippen molar-refractivity contribution in [3.05, 3.63) is 95.2 Å². The molecule has 2 atom stereocenters. The number of benzene rings is 2. The van der Waals surface area contributed by atoms with E-state index in [1.54, 1.807) is 18.0 Å². The van der Waals surface area contributed by atoms with E-state index in [-0.39, 0.29) is 5.92 Å². The zero-order chi connectivity index (χ0) is 23.8. The lowest BCUT2D eigenvalue weighted by Crippen LogP contribution is -2.44. The number of pyridine rings is 1. The maximum atomic E-state index is 14.0. The van der Waals surface area contributed by atoms with E-state index in [4.69, 9.17) is 5.84 Å². The smallest absolute Gasteiger partial charge is 0.273 e. The van der Waals surface area contributed by atoms with E-state index in [9.17, 15) is 18.4 Å². The Bertz CT molecular complexity index is 1190. The largest absolute Gasteiger partial charge is 0.277 e. The molecule has 3 aromatic rings. The second kappa shape index (κ2) is 9.03. The number of nitrogens with two attached hydrogens (primary N) is 1. The first-order chi connectivity index (χ1) is 15.7. The van der Waals surface area contributed by atoms with E-state index in [1.807, 2.05) is 44.2 Å². The maximum absolute atomic E-state index is 14.0. The lowest BCUT2D eigenvalue weighted by molar-refractivity contribution is -0.131. The Balaban J connectivity index is 1.44. The van der Waals surface area contributed by atoms with Crippen molar-refractivity contribution in [2.75, 3.05) is 0 Å². The van der Waals surface area contributed by atoms with Crippen LogP contribution in [0.1, 0.15) is 41.3 Å². The van der Waals surface area contributed by atoms with E-state index in [2.05, 4.69) is 17.1 Å². The molecule has 1 saturated carbocycles. The fraction of sp³-hybridized carbons (Fsp3) is 0.240. The van der Waals surface area contributed by atoms with E-state index in [0.29, 0.717) is 11.1 Å². The van der Waals surface area contributed by atoms with Crippen LogP contribution in [-0.4, -0.2) is 21.8 Å². The standard InChI is InChI=1S/C25H23F2N3O2S/c1-25(2)21(16-8-11-20(29-13-16)33-14-15-6-4-3-5-7-15)22(25)24(32)30(28)23(31)18-10-9-17(26)12-19(18)27/h3-13,21-22H,14,28H2,1-2H3/t21-,22+/m0/s1. The predicted molar refractivity (Wildman–Crippen MR) is 122 cm³/mol. The van der Waals surface area contributed by atoms with Crippen LogP contribution in [0.5, 0.6) is 0 Å². The molecular weight excluding hydrogens is 444 g/mol. The van der Waals surface area contributed by atoms with Gasteiger partial charge in [0.05, 0.1) is 16.5 Å². The maximum Gasteiger partial charge on any atom is 0.277 e. The number of thioether (sulfide) groups is 1. The number of nitrogens with zero attached hydrogens (tertiary/aromatic N) is 2. The molecule has 0 spiro atoms. The van der Waals surface area contributed by atoms with Gasteiger partial charge in [0, 0.05) is 23.9 Å². The number of aromatic nitrogens is 1. The second-order valence-electron chi connectivity index (χ2n) is 8.62. The summed E-state index contributed by atoms with van der Waals surface area (Å²) in [5.41, 5.74) is 1.17. The number of hydrogen-bond acceptors (Lipinski definition) is 5. The third kappa shape index (κ3) is 4.67. The molecule has 0 bridgehead atoms. The lowest BCUT2D eigenvalue weighted by Gasteiger charge is -2.16. The van der Waals surface area contributed by atoms with Crippen LogP contribution < -0.4 is 5.84 Å². The van der Waals surface area contributed by atoms with Crippen molar-refractivity contribution >= 4 is 23.6 Å². The van der Waals surface area contributed by atoms with Crippen LogP contribution in [0.2, 0.25) is 0 Å². The van der Waals surface area contributed by atoms with Gasteiger partial charge in [0.15, 0.2) is 0 Å². The summed E-state index contributed by atoms with van der Waals surface area (Å²) in [5, 5.41) is 1.30. The number of carbonyl (C=O) groups excluding carboxylic acids is 2. The van der Waals surface area contributed by atoms with E-state index in [1.165, 1.54) is 5.56 Å². The molecule has 4 rings (SSSR count). The molecular formula is C25H23F2N3O2S. The number of imide groups is 1. The Morgan fingerprint density at radius 1 is 1.09 bits per heavy atom. The number of carbonyl (C=O) groups is 2. The third-order valence-corrected chi connectivity index (χ3v) is 7.07. The Labute approximate surface area is 195 Å². The molecule has 0 radical (unpaired) electrons. The molecule has 0 saturated heterocycles. The third-order valence-electron chi connectivity index (χ3n) is 6.06. The van der Waals surface area contributed by atoms with Gasteiger partial charge in [-0.3, -0.25) is 9.59 Å². The molecule has 5 nitrogen and oxygen atoms in total. The van der Waals surface area contributed by atoms with Gasteiger partial charge in [0.25, 0.3) is 5.91 Å². The van der Waals surface area contributed by atoms with Gasteiger partial charge >= 0.3 is 0 Å². The van der Waals surface area contributed by atoms with Gasteiger partial charge < -0.3 is 0 Å². The molecule has 1 aliphatic carbocycles. The number of amides is 2. The first kappa shape index (κ1) is 23.1. The summed E-state index contributed by atoms with van der Waals surface area (Å²) < 4.78 is 27.1. The fourth-order valence-corrected chi connectivity index (χ4v) is 4.95. The predicted octanol–water partition coefficient (Wildman–Crippen LogP) is 4.93. The Morgan fingerprint density at radius 3 is 2.45 bits per heavy atom. The van der Waals surface area contributed by atoms with Crippen molar-refractivity contribution in [3.8, 4) is 0 Å². The van der Waals surface area contributed by atoms with Gasteiger partial charge in [-0.25, -0.2) is 24.6 Å². The quantitative estimate of drug-likeness (QED) is 0.183. The molecule has 1 aromatic heterocycles.